The molecule has 0 fully saturated rings. The maximum atomic E-state index is 13.0. The van der Waals surface area contributed by atoms with Crippen LogP contribution in [0.2, 0.25) is 0 Å². The Balaban J connectivity index is 1.64. The molecule has 0 aliphatic rings. The van der Waals surface area contributed by atoms with E-state index in [0.717, 1.165) is 23.5 Å². The lowest BCUT2D eigenvalue weighted by Gasteiger charge is -2.09. The van der Waals surface area contributed by atoms with Crippen LogP contribution < -0.4 is 10.0 Å². The maximum Gasteiger partial charge on any atom is 0.261 e. The highest BCUT2D eigenvalue weighted by molar-refractivity contribution is 7.92. The van der Waals surface area contributed by atoms with E-state index in [1.807, 2.05) is 25.1 Å². The summed E-state index contributed by atoms with van der Waals surface area (Å²) in [6.07, 6.45) is 0. The number of hydrogen-bond acceptors (Lipinski definition) is 4. The molecule has 0 aliphatic heterocycles. The van der Waals surface area contributed by atoms with Gasteiger partial charge in [-0.25, -0.2) is 12.8 Å². The molecule has 2 N–H and O–H groups in total. The summed E-state index contributed by atoms with van der Waals surface area (Å²) in [5, 5.41) is 2.77. The summed E-state index contributed by atoms with van der Waals surface area (Å²) in [4.78, 5) is 16.5. The van der Waals surface area contributed by atoms with Crippen molar-refractivity contribution in [1.29, 1.82) is 0 Å². The van der Waals surface area contributed by atoms with Gasteiger partial charge >= 0.3 is 0 Å². The molecule has 1 heterocycles. The molecule has 0 aliphatic carbocycles. The van der Waals surface area contributed by atoms with E-state index in [2.05, 4.69) is 15.0 Å². The number of halogens is 1. The number of carbonyl (C=O) groups is 1. The van der Waals surface area contributed by atoms with Gasteiger partial charge in [0.2, 0.25) is 0 Å². The number of sulfonamides is 1. The first kappa shape index (κ1) is 19.5. The second kappa shape index (κ2) is 8.18. The van der Waals surface area contributed by atoms with Crippen LogP contribution in [-0.4, -0.2) is 19.3 Å². The number of nitrogens with zero attached hydrogens (tertiary/aromatic N) is 1. The Labute approximate surface area is 162 Å². The quantitative estimate of drug-likeness (QED) is 0.666. The number of pyridine rings is 1. The Kier molecular flexibility index (Phi) is 5.70. The van der Waals surface area contributed by atoms with Gasteiger partial charge in [0, 0.05) is 16.9 Å². The van der Waals surface area contributed by atoms with E-state index in [1.54, 1.807) is 0 Å². The van der Waals surface area contributed by atoms with E-state index in [-0.39, 0.29) is 10.8 Å². The van der Waals surface area contributed by atoms with Crippen molar-refractivity contribution in [1.82, 2.24) is 10.3 Å². The van der Waals surface area contributed by atoms with Gasteiger partial charge in [0.15, 0.2) is 0 Å². The first-order valence-electron chi connectivity index (χ1n) is 8.43. The van der Waals surface area contributed by atoms with Crippen molar-refractivity contribution in [2.45, 2.75) is 18.4 Å². The van der Waals surface area contributed by atoms with Gasteiger partial charge in [0.05, 0.1) is 17.1 Å². The molecule has 0 bridgehead atoms. The molecule has 144 valence electrons. The first-order valence-corrected chi connectivity index (χ1v) is 9.91. The maximum absolute atomic E-state index is 13.0. The Hall–Kier alpha value is -3.26. The third kappa shape index (κ3) is 4.92. The van der Waals surface area contributed by atoms with Gasteiger partial charge in [-0.05, 0) is 67.6 Å². The fourth-order valence-corrected chi connectivity index (χ4v) is 3.55. The van der Waals surface area contributed by atoms with Crippen molar-refractivity contribution in [2.75, 3.05) is 4.72 Å². The average Bonchev–Trinajstić information content (AvgIpc) is 2.67. The number of anilines is 1. The van der Waals surface area contributed by atoms with Crippen LogP contribution in [0, 0.1) is 12.7 Å². The van der Waals surface area contributed by atoms with Gasteiger partial charge in [-0.1, -0.05) is 6.07 Å². The minimum absolute atomic E-state index is 0.0543. The van der Waals surface area contributed by atoms with E-state index in [1.165, 1.54) is 36.4 Å². The largest absolute Gasteiger partial charge is 0.346 e. The lowest BCUT2D eigenvalue weighted by atomic mass is 10.2. The molecule has 0 saturated carbocycles. The van der Waals surface area contributed by atoms with Gasteiger partial charge in [0.1, 0.15) is 5.82 Å². The van der Waals surface area contributed by atoms with Crippen molar-refractivity contribution in [3.8, 4) is 0 Å². The molecular weight excluding hydrogens is 381 g/mol. The second-order valence-electron chi connectivity index (χ2n) is 6.09. The number of rotatable bonds is 6. The average molecular weight is 399 g/mol. The second-order valence-corrected chi connectivity index (χ2v) is 7.77. The smallest absolute Gasteiger partial charge is 0.261 e. The lowest BCUT2D eigenvalue weighted by Crippen LogP contribution is -2.23. The van der Waals surface area contributed by atoms with Crippen LogP contribution in [0.3, 0.4) is 0 Å². The Bertz CT molecular complexity index is 1080. The summed E-state index contributed by atoms with van der Waals surface area (Å²) in [7, 11) is -3.84. The normalized spacial score (nSPS) is 11.1. The van der Waals surface area contributed by atoms with Gasteiger partial charge in [0.25, 0.3) is 15.9 Å². The van der Waals surface area contributed by atoms with Gasteiger partial charge in [-0.3, -0.25) is 14.5 Å². The Morgan fingerprint density at radius 2 is 1.68 bits per heavy atom. The van der Waals surface area contributed by atoms with Gasteiger partial charge < -0.3 is 5.32 Å². The fraction of sp³-hybridized carbons (Fsp3) is 0.100. The summed E-state index contributed by atoms with van der Waals surface area (Å²) >= 11 is 0. The molecule has 6 nitrogen and oxygen atoms in total. The van der Waals surface area contributed by atoms with Crippen molar-refractivity contribution in [2.24, 2.45) is 0 Å². The standard InChI is InChI=1S/C20H18FN3O3S/c1-14-3-2-4-18(23-14)13-22-20(25)15-5-9-17(10-6-15)24-28(26,27)19-11-7-16(21)8-12-19/h2-12,24H,13H2,1H3,(H,22,25). The number of carbonyl (C=O) groups excluding carboxylic acids is 1. The molecule has 1 aromatic heterocycles. The van der Waals surface area contributed by atoms with E-state index in [4.69, 9.17) is 0 Å². The highest BCUT2D eigenvalue weighted by atomic mass is 32.2. The van der Waals surface area contributed by atoms with Crippen molar-refractivity contribution < 1.29 is 17.6 Å². The van der Waals surface area contributed by atoms with E-state index in [9.17, 15) is 17.6 Å². The van der Waals surface area contributed by atoms with E-state index < -0.39 is 15.8 Å². The monoisotopic (exact) mass is 399 g/mol. The zero-order valence-corrected chi connectivity index (χ0v) is 15.8. The summed E-state index contributed by atoms with van der Waals surface area (Å²) in [6, 6.07) is 16.1. The van der Waals surface area contributed by atoms with Crippen LogP contribution in [0.25, 0.3) is 0 Å². The highest BCUT2D eigenvalue weighted by Crippen LogP contribution is 2.17. The number of amides is 1. The summed E-state index contributed by atoms with van der Waals surface area (Å²) in [5.74, 6) is -0.813. The first-order chi connectivity index (χ1) is 13.3. The summed E-state index contributed by atoms with van der Waals surface area (Å²) in [6.45, 7) is 2.16. The van der Waals surface area contributed by atoms with Crippen LogP contribution in [0.4, 0.5) is 10.1 Å². The minimum Gasteiger partial charge on any atom is -0.346 e. The topological polar surface area (TPSA) is 88.2 Å². The molecule has 8 heteroatoms. The molecule has 0 saturated heterocycles. The predicted octanol–water partition coefficient (Wildman–Crippen LogP) is 3.26. The molecule has 3 aromatic rings. The zero-order valence-electron chi connectivity index (χ0n) is 15.0. The molecule has 0 spiro atoms. The molecule has 0 unspecified atom stereocenters. The lowest BCUT2D eigenvalue weighted by molar-refractivity contribution is 0.0950. The summed E-state index contributed by atoms with van der Waals surface area (Å²) in [5.41, 5.74) is 2.29. The number of nitrogens with one attached hydrogen (secondary N) is 2. The van der Waals surface area contributed by atoms with Crippen LogP contribution in [0.15, 0.2) is 71.6 Å². The molecule has 2 aromatic carbocycles. The fourth-order valence-electron chi connectivity index (χ4n) is 2.49. The molecule has 3 rings (SSSR count). The highest BCUT2D eigenvalue weighted by Gasteiger charge is 2.14. The SMILES string of the molecule is Cc1cccc(CNC(=O)c2ccc(NS(=O)(=O)c3ccc(F)cc3)cc2)n1. The predicted molar refractivity (Wildman–Crippen MR) is 104 cm³/mol. The number of aryl methyl sites for hydroxylation is 1. The Morgan fingerprint density at radius 1 is 1.00 bits per heavy atom. The summed E-state index contributed by atoms with van der Waals surface area (Å²) < 4.78 is 39.9. The third-order valence-electron chi connectivity index (χ3n) is 3.90. The van der Waals surface area contributed by atoms with Crippen molar-refractivity contribution >= 4 is 21.6 Å². The Morgan fingerprint density at radius 3 is 2.32 bits per heavy atom. The van der Waals surface area contributed by atoms with Crippen LogP contribution in [-0.2, 0) is 16.6 Å². The van der Waals surface area contributed by atoms with Crippen LogP contribution in [0.1, 0.15) is 21.7 Å². The molecule has 0 radical (unpaired) electrons. The van der Waals surface area contributed by atoms with Crippen molar-refractivity contribution in [3.63, 3.8) is 0 Å². The molecule has 0 atom stereocenters. The number of benzene rings is 2. The third-order valence-corrected chi connectivity index (χ3v) is 5.30. The van der Waals surface area contributed by atoms with Crippen LogP contribution >= 0.6 is 0 Å². The molecular formula is C20H18FN3O3S. The number of hydrogen-bond donors (Lipinski definition) is 2. The van der Waals surface area contributed by atoms with E-state index in [0.29, 0.717) is 17.8 Å². The van der Waals surface area contributed by atoms with Gasteiger partial charge in [-0.15, -0.1) is 0 Å². The zero-order chi connectivity index (χ0) is 20.1. The minimum atomic E-state index is -3.84. The van der Waals surface area contributed by atoms with Gasteiger partial charge in [-0.2, -0.15) is 0 Å². The molecule has 1 amide bonds. The van der Waals surface area contributed by atoms with E-state index >= 15 is 0 Å². The van der Waals surface area contributed by atoms with Crippen molar-refractivity contribution in [3.05, 3.63) is 89.5 Å². The molecule has 28 heavy (non-hydrogen) atoms. The van der Waals surface area contributed by atoms with Crippen LogP contribution in [0.5, 0.6) is 0 Å². The number of aromatic nitrogens is 1.